The van der Waals surface area contributed by atoms with E-state index in [1.54, 1.807) is 10.9 Å². The molecular weight excluding hydrogens is 401 g/mol. The second-order valence-electron chi connectivity index (χ2n) is 6.28. The predicted octanol–water partition coefficient (Wildman–Crippen LogP) is 3.95. The fraction of sp³-hybridized carbons (Fsp3) is 0.316. The highest BCUT2D eigenvalue weighted by Gasteiger charge is 2.33. The second-order valence-corrected chi connectivity index (χ2v) is 7.22. The van der Waals surface area contributed by atoms with E-state index >= 15 is 0 Å². The van der Waals surface area contributed by atoms with Gasteiger partial charge in [0.15, 0.2) is 11.7 Å². The summed E-state index contributed by atoms with van der Waals surface area (Å²) in [5, 5.41) is 8.86. The summed E-state index contributed by atoms with van der Waals surface area (Å²) in [5.74, 6) is 0.587. The van der Waals surface area contributed by atoms with Crippen LogP contribution in [0.15, 0.2) is 53.1 Å². The number of alkyl halides is 3. The highest BCUT2D eigenvalue weighted by molar-refractivity contribution is 7.09. The molecule has 0 spiro atoms. The van der Waals surface area contributed by atoms with Gasteiger partial charge in [0, 0.05) is 37.3 Å². The molecule has 0 aliphatic carbocycles. The number of hydrogen-bond donors (Lipinski definition) is 1. The number of halogens is 3. The van der Waals surface area contributed by atoms with Crippen molar-refractivity contribution in [1.82, 2.24) is 25.0 Å². The Labute approximate surface area is 170 Å². The van der Waals surface area contributed by atoms with Gasteiger partial charge in [-0.2, -0.15) is 18.3 Å². The first kappa shape index (κ1) is 20.8. The maximum absolute atomic E-state index is 12.7. The Kier molecular flexibility index (Phi) is 6.53. The van der Waals surface area contributed by atoms with Crippen molar-refractivity contribution in [2.24, 2.45) is 4.99 Å². The first-order valence-corrected chi connectivity index (χ1v) is 9.85. The van der Waals surface area contributed by atoms with Gasteiger partial charge in [-0.05, 0) is 19.1 Å². The van der Waals surface area contributed by atoms with Crippen molar-refractivity contribution in [3.8, 4) is 5.69 Å². The zero-order chi connectivity index (χ0) is 20.9. The molecule has 0 amide bonds. The summed E-state index contributed by atoms with van der Waals surface area (Å²) in [6, 6.07) is 9.77. The van der Waals surface area contributed by atoms with Gasteiger partial charge in [-0.15, -0.1) is 11.3 Å². The van der Waals surface area contributed by atoms with E-state index in [1.165, 1.54) is 0 Å². The highest BCUT2D eigenvalue weighted by Crippen LogP contribution is 2.30. The molecule has 29 heavy (non-hydrogen) atoms. The summed E-state index contributed by atoms with van der Waals surface area (Å²) in [5.41, 5.74) is 1.07. The Hall–Kier alpha value is -2.88. The monoisotopic (exact) mass is 422 g/mol. The minimum atomic E-state index is -4.43. The SMILES string of the molecule is CCNC(=NCc1nc(C(F)(F)F)cs1)N(C)Cc1cnn(-c2ccccc2)c1. The molecule has 6 nitrogen and oxygen atoms in total. The summed E-state index contributed by atoms with van der Waals surface area (Å²) >= 11 is 0.955. The maximum Gasteiger partial charge on any atom is 0.434 e. The molecule has 0 atom stereocenters. The number of rotatable bonds is 6. The second kappa shape index (κ2) is 9.08. The van der Waals surface area contributed by atoms with Crippen LogP contribution in [0.25, 0.3) is 5.69 Å². The van der Waals surface area contributed by atoms with Crippen molar-refractivity contribution in [3.63, 3.8) is 0 Å². The van der Waals surface area contributed by atoms with Crippen molar-refractivity contribution >= 4 is 17.3 Å². The average Bonchev–Trinajstić information content (AvgIpc) is 3.35. The normalized spacial score (nSPS) is 12.2. The summed E-state index contributed by atoms with van der Waals surface area (Å²) in [7, 11) is 1.87. The number of hydrogen-bond acceptors (Lipinski definition) is 4. The van der Waals surface area contributed by atoms with Crippen molar-refractivity contribution in [2.45, 2.75) is 26.2 Å². The molecule has 3 rings (SSSR count). The van der Waals surface area contributed by atoms with Crippen LogP contribution in [-0.4, -0.2) is 39.2 Å². The third-order valence-electron chi connectivity index (χ3n) is 3.98. The van der Waals surface area contributed by atoms with Crippen LogP contribution in [0.3, 0.4) is 0 Å². The van der Waals surface area contributed by atoms with E-state index in [0.717, 1.165) is 28.0 Å². The zero-order valence-electron chi connectivity index (χ0n) is 16.0. The van der Waals surface area contributed by atoms with Gasteiger partial charge in [0.05, 0.1) is 18.4 Å². The van der Waals surface area contributed by atoms with E-state index in [2.05, 4.69) is 20.4 Å². The molecule has 10 heteroatoms. The summed E-state index contributed by atoms with van der Waals surface area (Å²) < 4.78 is 39.9. The van der Waals surface area contributed by atoms with Crippen molar-refractivity contribution < 1.29 is 13.2 Å². The molecule has 1 N–H and O–H groups in total. The van der Waals surface area contributed by atoms with Crippen LogP contribution in [0.4, 0.5) is 13.2 Å². The number of nitrogens with zero attached hydrogens (tertiary/aromatic N) is 5. The molecule has 3 aromatic rings. The number of aromatic nitrogens is 3. The Morgan fingerprint density at radius 3 is 2.69 bits per heavy atom. The molecule has 0 fully saturated rings. The fourth-order valence-corrected chi connectivity index (χ4v) is 3.36. The fourth-order valence-electron chi connectivity index (χ4n) is 2.64. The Morgan fingerprint density at radius 2 is 2.03 bits per heavy atom. The van der Waals surface area contributed by atoms with E-state index < -0.39 is 11.9 Å². The van der Waals surface area contributed by atoms with Crippen LogP contribution < -0.4 is 5.32 Å². The molecule has 0 radical (unpaired) electrons. The van der Waals surface area contributed by atoms with Crippen LogP contribution in [0.2, 0.25) is 0 Å². The number of benzene rings is 1. The van der Waals surface area contributed by atoms with Gasteiger partial charge in [-0.3, -0.25) is 0 Å². The molecule has 0 aliphatic heterocycles. The van der Waals surface area contributed by atoms with E-state index in [1.807, 2.05) is 55.4 Å². The average molecular weight is 422 g/mol. The minimum Gasteiger partial charge on any atom is -0.357 e. The molecular formula is C19H21F3N6S. The van der Waals surface area contributed by atoms with Gasteiger partial charge in [0.25, 0.3) is 0 Å². The largest absolute Gasteiger partial charge is 0.434 e. The Balaban J connectivity index is 1.68. The molecule has 0 saturated carbocycles. The quantitative estimate of drug-likeness (QED) is 0.483. The lowest BCUT2D eigenvalue weighted by Gasteiger charge is -2.21. The standard InChI is InChI=1S/C19H21F3N6S/c1-3-23-18(24-10-17-26-16(13-29-17)19(20,21)22)27(2)11-14-9-25-28(12-14)15-7-5-4-6-8-15/h4-9,12-13H,3,10-11H2,1-2H3,(H,23,24). The van der Waals surface area contributed by atoms with Crippen LogP contribution in [-0.2, 0) is 19.3 Å². The van der Waals surface area contributed by atoms with Gasteiger partial charge in [-0.1, -0.05) is 18.2 Å². The summed E-state index contributed by atoms with van der Waals surface area (Å²) in [6.45, 7) is 3.20. The number of aliphatic imine (C=N–C) groups is 1. The Morgan fingerprint density at radius 1 is 1.28 bits per heavy atom. The topological polar surface area (TPSA) is 58.3 Å². The van der Waals surface area contributed by atoms with Crippen molar-refractivity contribution in [2.75, 3.05) is 13.6 Å². The van der Waals surface area contributed by atoms with E-state index in [-0.39, 0.29) is 6.54 Å². The molecule has 154 valence electrons. The molecule has 2 aromatic heterocycles. The lowest BCUT2D eigenvalue weighted by molar-refractivity contribution is -0.140. The van der Waals surface area contributed by atoms with Crippen LogP contribution >= 0.6 is 11.3 Å². The van der Waals surface area contributed by atoms with E-state index in [4.69, 9.17) is 0 Å². The van der Waals surface area contributed by atoms with Gasteiger partial charge in [0.1, 0.15) is 5.01 Å². The lowest BCUT2D eigenvalue weighted by atomic mass is 10.3. The molecule has 1 aromatic carbocycles. The zero-order valence-corrected chi connectivity index (χ0v) is 16.8. The molecule has 0 saturated heterocycles. The minimum absolute atomic E-state index is 0.0801. The highest BCUT2D eigenvalue weighted by atomic mass is 32.1. The number of thiazole rings is 1. The van der Waals surface area contributed by atoms with Gasteiger partial charge < -0.3 is 10.2 Å². The van der Waals surface area contributed by atoms with Crippen molar-refractivity contribution in [3.05, 3.63) is 64.4 Å². The summed E-state index contributed by atoms with van der Waals surface area (Å²) in [6.07, 6.45) is -0.714. The Bertz CT molecular complexity index is 948. The lowest BCUT2D eigenvalue weighted by Crippen LogP contribution is -2.38. The van der Waals surface area contributed by atoms with Crippen LogP contribution in [0.5, 0.6) is 0 Å². The third-order valence-corrected chi connectivity index (χ3v) is 4.81. The van der Waals surface area contributed by atoms with Crippen LogP contribution in [0.1, 0.15) is 23.2 Å². The molecule has 0 aliphatic rings. The third kappa shape index (κ3) is 5.57. The van der Waals surface area contributed by atoms with Gasteiger partial charge in [0.2, 0.25) is 0 Å². The first-order chi connectivity index (χ1) is 13.9. The van der Waals surface area contributed by atoms with Crippen molar-refractivity contribution in [1.29, 1.82) is 0 Å². The number of guanidine groups is 1. The summed E-state index contributed by atoms with van der Waals surface area (Å²) in [4.78, 5) is 9.94. The molecule has 0 unspecified atom stereocenters. The molecule has 2 heterocycles. The van der Waals surface area contributed by atoms with E-state index in [9.17, 15) is 13.2 Å². The smallest absolute Gasteiger partial charge is 0.357 e. The van der Waals surface area contributed by atoms with Gasteiger partial charge >= 0.3 is 6.18 Å². The van der Waals surface area contributed by atoms with E-state index in [0.29, 0.717) is 24.1 Å². The van der Waals surface area contributed by atoms with Crippen LogP contribution in [0, 0.1) is 0 Å². The molecule has 0 bridgehead atoms. The maximum atomic E-state index is 12.7. The first-order valence-electron chi connectivity index (χ1n) is 8.97. The number of nitrogens with one attached hydrogen (secondary N) is 1. The predicted molar refractivity (Wildman–Crippen MR) is 107 cm³/mol. The number of para-hydroxylation sites is 1. The van der Waals surface area contributed by atoms with Gasteiger partial charge in [-0.25, -0.2) is 14.7 Å².